The number of benzene rings is 2. The van der Waals surface area contributed by atoms with Crippen LogP contribution in [0.1, 0.15) is 37.3 Å². The molecule has 178 valence electrons. The van der Waals surface area contributed by atoms with Gasteiger partial charge >= 0.3 is 0 Å². The van der Waals surface area contributed by atoms with Crippen molar-refractivity contribution in [3.8, 4) is 5.75 Å². The molecule has 0 aliphatic heterocycles. The fourth-order valence-corrected chi connectivity index (χ4v) is 4.08. The molecule has 0 fully saturated rings. The molecule has 0 bridgehead atoms. The Kier molecular flexibility index (Phi) is 8.17. The van der Waals surface area contributed by atoms with E-state index < -0.39 is 23.8 Å². The number of nitrogens with two attached hydrogens (primary N) is 2. The first kappa shape index (κ1) is 24.7. The van der Waals surface area contributed by atoms with E-state index in [1.54, 1.807) is 12.1 Å². The molecule has 3 amide bonds. The molecule has 0 saturated heterocycles. The van der Waals surface area contributed by atoms with Crippen molar-refractivity contribution in [1.82, 2.24) is 14.6 Å². The second kappa shape index (κ2) is 11.3. The number of phenolic OH excluding ortho intramolecular Hbond substituents is 1. The lowest BCUT2D eigenvalue weighted by Gasteiger charge is -2.31. The quantitative estimate of drug-likeness (QED) is 0.319. The molecule has 3 rings (SSSR count). The van der Waals surface area contributed by atoms with Crippen LogP contribution in [-0.2, 0) is 16.1 Å². The number of methoxy groups -OCH3 is 1. The smallest absolute Gasteiger partial charge is 0.270 e. The maximum Gasteiger partial charge on any atom is 0.270 e. The van der Waals surface area contributed by atoms with Gasteiger partial charge in [-0.25, -0.2) is 0 Å². The molecule has 0 saturated carbocycles. The summed E-state index contributed by atoms with van der Waals surface area (Å²) in [6.07, 6.45) is 0. The number of nitrogens with one attached hydrogen (secondary N) is 1. The number of hydrogen-bond donors (Lipinski definition) is 4. The molecular formula is C23H25N5O5S. The van der Waals surface area contributed by atoms with Crippen LogP contribution in [0, 0.1) is 0 Å². The van der Waals surface area contributed by atoms with E-state index in [1.807, 2.05) is 30.3 Å². The van der Waals surface area contributed by atoms with Crippen LogP contribution in [0.15, 0.2) is 54.6 Å². The van der Waals surface area contributed by atoms with Gasteiger partial charge in [0.25, 0.3) is 11.8 Å². The van der Waals surface area contributed by atoms with Crippen LogP contribution in [0.25, 0.3) is 0 Å². The number of anilines is 1. The summed E-state index contributed by atoms with van der Waals surface area (Å²) in [5.74, 6) is -1.88. The van der Waals surface area contributed by atoms with Crippen LogP contribution in [0.4, 0.5) is 5.69 Å². The Bertz CT molecular complexity index is 1150. The summed E-state index contributed by atoms with van der Waals surface area (Å²) < 4.78 is 8.93. The Labute approximate surface area is 200 Å². The summed E-state index contributed by atoms with van der Waals surface area (Å²) in [7, 11) is 1.51. The lowest BCUT2D eigenvalue weighted by molar-refractivity contribution is -0.126. The third-order valence-electron chi connectivity index (χ3n) is 4.99. The van der Waals surface area contributed by atoms with Crippen LogP contribution in [0.2, 0.25) is 0 Å². The van der Waals surface area contributed by atoms with Crippen molar-refractivity contribution in [1.29, 1.82) is 0 Å². The molecule has 2 aromatic carbocycles. The van der Waals surface area contributed by atoms with Crippen LogP contribution in [-0.4, -0.2) is 52.4 Å². The van der Waals surface area contributed by atoms with Gasteiger partial charge in [-0.05, 0) is 34.8 Å². The maximum absolute atomic E-state index is 13.7. The molecular weight excluding hydrogens is 458 g/mol. The molecule has 0 aliphatic carbocycles. The van der Waals surface area contributed by atoms with E-state index in [2.05, 4.69) is 9.69 Å². The van der Waals surface area contributed by atoms with Gasteiger partial charge in [0.05, 0.1) is 12.3 Å². The molecule has 34 heavy (non-hydrogen) atoms. The van der Waals surface area contributed by atoms with Gasteiger partial charge in [0.1, 0.15) is 16.7 Å². The highest BCUT2D eigenvalue weighted by molar-refractivity contribution is 7.09. The zero-order valence-electron chi connectivity index (χ0n) is 18.4. The summed E-state index contributed by atoms with van der Waals surface area (Å²) in [5, 5.41) is 12.5. The second-order valence-electron chi connectivity index (χ2n) is 7.33. The molecule has 0 aliphatic rings. The van der Waals surface area contributed by atoms with Crippen molar-refractivity contribution in [2.45, 2.75) is 12.6 Å². The third kappa shape index (κ3) is 5.69. The lowest BCUT2D eigenvalue weighted by atomic mass is 10.0. The van der Waals surface area contributed by atoms with E-state index in [1.165, 1.54) is 24.1 Å². The molecule has 3 aromatic rings. The van der Waals surface area contributed by atoms with Gasteiger partial charge in [0, 0.05) is 20.2 Å². The van der Waals surface area contributed by atoms with Crippen molar-refractivity contribution < 1.29 is 24.2 Å². The van der Waals surface area contributed by atoms with Gasteiger partial charge in [-0.3, -0.25) is 14.4 Å². The first-order valence-corrected chi connectivity index (χ1v) is 11.1. The van der Waals surface area contributed by atoms with Crippen molar-refractivity contribution in [2.75, 3.05) is 26.0 Å². The number of rotatable bonds is 10. The molecule has 11 heteroatoms. The summed E-state index contributed by atoms with van der Waals surface area (Å²) in [6, 6.07) is 14.0. The minimum atomic E-state index is -1.08. The fraction of sp³-hybridized carbons (Fsp3) is 0.217. The van der Waals surface area contributed by atoms with Gasteiger partial charge < -0.3 is 31.5 Å². The molecule has 1 atom stereocenters. The van der Waals surface area contributed by atoms with Gasteiger partial charge in [0.15, 0.2) is 5.69 Å². The number of aromatic hydroxyl groups is 1. The topological polar surface area (TPSA) is 161 Å². The number of nitrogens with zero attached hydrogens (tertiary/aromatic N) is 2. The Morgan fingerprint density at radius 1 is 1.15 bits per heavy atom. The van der Waals surface area contributed by atoms with Gasteiger partial charge in [0.2, 0.25) is 5.91 Å². The molecule has 1 aromatic heterocycles. The Hall–Kier alpha value is -3.96. The monoisotopic (exact) mass is 483 g/mol. The first-order valence-electron chi connectivity index (χ1n) is 10.3. The van der Waals surface area contributed by atoms with Gasteiger partial charge in [-0.2, -0.15) is 4.37 Å². The van der Waals surface area contributed by atoms with E-state index >= 15 is 0 Å². The second-order valence-corrected chi connectivity index (χ2v) is 8.11. The molecule has 6 N–H and O–H groups in total. The largest absolute Gasteiger partial charge is 0.508 e. The number of phenols is 1. The SMILES string of the molecule is COCCNC(=O)C(c1ccc(O)cc1)N(Cc1ccccc1)C(=O)c1snc(C(N)=O)c1N. The Morgan fingerprint density at radius 2 is 1.82 bits per heavy atom. The molecule has 10 nitrogen and oxygen atoms in total. The molecule has 0 spiro atoms. The van der Waals surface area contributed by atoms with Crippen LogP contribution >= 0.6 is 11.5 Å². The Balaban J connectivity index is 2.09. The zero-order chi connectivity index (χ0) is 24.7. The minimum absolute atomic E-state index is 0.00167. The average Bonchev–Trinajstić information content (AvgIpc) is 3.22. The first-order chi connectivity index (χ1) is 16.3. The van der Waals surface area contributed by atoms with E-state index in [0.29, 0.717) is 5.56 Å². The standard InChI is InChI=1S/C23H25N5O5S/c1-33-12-11-26-22(31)19(15-7-9-16(29)10-8-15)28(13-14-5-3-2-4-6-14)23(32)20-17(24)18(21(25)30)27-34-20/h2-10,19,29H,11-13,24H2,1H3,(H2,25,30)(H,26,31). The van der Waals surface area contributed by atoms with E-state index in [-0.39, 0.29) is 41.7 Å². The number of amides is 3. The highest BCUT2D eigenvalue weighted by Gasteiger charge is 2.34. The van der Waals surface area contributed by atoms with E-state index in [9.17, 15) is 19.5 Å². The highest BCUT2D eigenvalue weighted by Crippen LogP contribution is 2.31. The average molecular weight is 484 g/mol. The summed E-state index contributed by atoms with van der Waals surface area (Å²) >= 11 is 0.741. The van der Waals surface area contributed by atoms with Crippen molar-refractivity contribution in [3.63, 3.8) is 0 Å². The molecule has 1 heterocycles. The number of hydrogen-bond acceptors (Lipinski definition) is 8. The summed E-state index contributed by atoms with van der Waals surface area (Å²) in [5.41, 5.74) is 12.2. The van der Waals surface area contributed by atoms with Crippen molar-refractivity contribution in [3.05, 3.63) is 76.3 Å². The van der Waals surface area contributed by atoms with E-state index in [0.717, 1.165) is 17.1 Å². The molecule has 1 unspecified atom stereocenters. The number of carbonyl (C=O) groups excluding carboxylic acids is 3. The number of ether oxygens (including phenoxy) is 1. The number of carbonyl (C=O) groups is 3. The number of primary amides is 1. The zero-order valence-corrected chi connectivity index (χ0v) is 19.2. The highest BCUT2D eigenvalue weighted by atomic mass is 32.1. The van der Waals surface area contributed by atoms with Crippen molar-refractivity contribution in [2.24, 2.45) is 5.73 Å². The predicted octanol–water partition coefficient (Wildman–Crippen LogP) is 1.68. The fourth-order valence-electron chi connectivity index (χ4n) is 3.32. The lowest BCUT2D eigenvalue weighted by Crippen LogP contribution is -2.44. The van der Waals surface area contributed by atoms with E-state index in [4.69, 9.17) is 16.2 Å². The number of nitrogen functional groups attached to an aromatic ring is 1. The predicted molar refractivity (Wildman–Crippen MR) is 127 cm³/mol. The third-order valence-corrected chi connectivity index (χ3v) is 5.84. The van der Waals surface area contributed by atoms with Crippen LogP contribution < -0.4 is 16.8 Å². The number of aromatic nitrogens is 1. The summed E-state index contributed by atoms with van der Waals surface area (Å²) in [6.45, 7) is 0.572. The van der Waals surface area contributed by atoms with Crippen molar-refractivity contribution >= 4 is 34.9 Å². The minimum Gasteiger partial charge on any atom is -0.508 e. The molecule has 0 radical (unpaired) electrons. The van der Waals surface area contributed by atoms with Gasteiger partial charge in [-0.1, -0.05) is 42.5 Å². The van der Waals surface area contributed by atoms with Gasteiger partial charge in [-0.15, -0.1) is 0 Å². The Morgan fingerprint density at radius 3 is 2.41 bits per heavy atom. The van der Waals surface area contributed by atoms with Crippen LogP contribution in [0.5, 0.6) is 5.75 Å². The normalized spacial score (nSPS) is 11.6. The maximum atomic E-state index is 13.7. The van der Waals surface area contributed by atoms with Crippen LogP contribution in [0.3, 0.4) is 0 Å². The summed E-state index contributed by atoms with van der Waals surface area (Å²) in [4.78, 5) is 40.0.